The molecule has 7 heteroatoms. The van der Waals surface area contributed by atoms with Gasteiger partial charge in [-0.15, -0.1) is 24.0 Å². The monoisotopic (exact) mass is 502 g/mol. The summed E-state index contributed by atoms with van der Waals surface area (Å²) in [7, 11) is 2.02. The molecule has 0 saturated heterocycles. The van der Waals surface area contributed by atoms with Crippen LogP contribution in [0.1, 0.15) is 25.3 Å². The van der Waals surface area contributed by atoms with Crippen LogP contribution in [0.25, 0.3) is 0 Å². The maximum absolute atomic E-state index is 11.7. The molecular weight excluding hydrogens is 475 g/mol. The highest BCUT2D eigenvalue weighted by atomic mass is 127. The largest absolute Gasteiger partial charge is 0.357 e. The van der Waals surface area contributed by atoms with Gasteiger partial charge in [-0.2, -0.15) is 0 Å². The number of nitrogens with one attached hydrogen (secondary N) is 1. The van der Waals surface area contributed by atoms with Crippen LogP contribution in [0, 0.1) is 0 Å². The molecule has 2 aromatic rings. The quantitative estimate of drug-likeness (QED) is 0.257. The van der Waals surface area contributed by atoms with Crippen LogP contribution in [0.4, 0.5) is 0 Å². The second kappa shape index (κ2) is 12.8. The first-order valence-corrected chi connectivity index (χ1v) is 9.37. The molecule has 0 fully saturated rings. The van der Waals surface area contributed by atoms with Gasteiger partial charge in [-0.3, -0.25) is 9.79 Å². The number of aromatic nitrogens is 1. The lowest BCUT2D eigenvalue weighted by atomic mass is 10.2. The van der Waals surface area contributed by atoms with Crippen molar-refractivity contribution in [3.05, 3.63) is 69.6 Å². The molecule has 27 heavy (non-hydrogen) atoms. The Hall–Kier alpha value is -1.54. The highest BCUT2D eigenvalue weighted by Gasteiger charge is 2.06. The number of halogens is 2. The van der Waals surface area contributed by atoms with E-state index >= 15 is 0 Å². The molecule has 0 saturated carbocycles. The van der Waals surface area contributed by atoms with Gasteiger partial charge in [-0.05, 0) is 43.5 Å². The van der Waals surface area contributed by atoms with Crippen LogP contribution in [-0.4, -0.2) is 35.6 Å². The van der Waals surface area contributed by atoms with Gasteiger partial charge in [0.05, 0.1) is 0 Å². The summed E-state index contributed by atoms with van der Waals surface area (Å²) in [6.07, 6.45) is 3.68. The third-order valence-corrected chi connectivity index (χ3v) is 4.21. The van der Waals surface area contributed by atoms with Gasteiger partial charge in [-0.25, -0.2) is 0 Å². The SMILES string of the molecule is CCNC(=NCCCCn1ccccc1=O)N(C)Cc1cccc(Cl)c1.I. The minimum Gasteiger partial charge on any atom is -0.357 e. The number of hydrogen-bond donors (Lipinski definition) is 1. The molecule has 5 nitrogen and oxygen atoms in total. The molecule has 0 unspecified atom stereocenters. The zero-order chi connectivity index (χ0) is 18.8. The highest BCUT2D eigenvalue weighted by molar-refractivity contribution is 14.0. The Morgan fingerprint density at radius 3 is 2.74 bits per heavy atom. The Balaban J connectivity index is 0.00000364. The number of rotatable bonds is 8. The fourth-order valence-electron chi connectivity index (χ4n) is 2.68. The summed E-state index contributed by atoms with van der Waals surface area (Å²) in [5.74, 6) is 0.879. The molecule has 1 aromatic carbocycles. The van der Waals surface area contributed by atoms with Gasteiger partial charge in [-0.1, -0.05) is 29.8 Å². The van der Waals surface area contributed by atoms with Crippen LogP contribution < -0.4 is 10.9 Å². The fourth-order valence-corrected chi connectivity index (χ4v) is 2.89. The van der Waals surface area contributed by atoms with Crippen LogP contribution in [0.3, 0.4) is 0 Å². The summed E-state index contributed by atoms with van der Waals surface area (Å²) in [5.41, 5.74) is 1.19. The van der Waals surface area contributed by atoms with E-state index in [9.17, 15) is 4.79 Å². The van der Waals surface area contributed by atoms with Crippen molar-refractivity contribution in [2.24, 2.45) is 4.99 Å². The average molecular weight is 503 g/mol. The normalized spacial score (nSPS) is 11.0. The molecule has 1 aromatic heterocycles. The van der Waals surface area contributed by atoms with E-state index in [2.05, 4.69) is 23.2 Å². The van der Waals surface area contributed by atoms with Gasteiger partial charge in [0.15, 0.2) is 5.96 Å². The van der Waals surface area contributed by atoms with E-state index in [0.717, 1.165) is 55.6 Å². The number of nitrogens with zero attached hydrogens (tertiary/aromatic N) is 3. The zero-order valence-electron chi connectivity index (χ0n) is 15.9. The molecule has 0 aliphatic rings. The maximum Gasteiger partial charge on any atom is 0.250 e. The number of pyridine rings is 1. The van der Waals surface area contributed by atoms with Crippen molar-refractivity contribution in [1.82, 2.24) is 14.8 Å². The summed E-state index contributed by atoms with van der Waals surface area (Å²) in [6.45, 7) is 5.07. The number of benzene rings is 1. The first kappa shape index (κ1) is 23.5. The van der Waals surface area contributed by atoms with Gasteiger partial charge < -0.3 is 14.8 Å². The predicted octanol–water partition coefficient (Wildman–Crippen LogP) is 4.00. The molecule has 1 N–H and O–H groups in total. The van der Waals surface area contributed by atoms with E-state index in [1.54, 1.807) is 16.7 Å². The minimum absolute atomic E-state index is 0. The predicted molar refractivity (Wildman–Crippen MR) is 124 cm³/mol. The van der Waals surface area contributed by atoms with Gasteiger partial charge >= 0.3 is 0 Å². The van der Waals surface area contributed by atoms with Gasteiger partial charge in [0, 0.05) is 50.5 Å². The van der Waals surface area contributed by atoms with Crippen molar-refractivity contribution in [2.75, 3.05) is 20.1 Å². The van der Waals surface area contributed by atoms with Crippen molar-refractivity contribution >= 4 is 41.5 Å². The van der Waals surface area contributed by atoms with E-state index in [1.165, 1.54) is 0 Å². The van der Waals surface area contributed by atoms with Crippen molar-refractivity contribution in [3.8, 4) is 0 Å². The number of unbranched alkanes of at least 4 members (excludes halogenated alkanes) is 1. The Morgan fingerprint density at radius 1 is 1.22 bits per heavy atom. The molecule has 2 rings (SSSR count). The minimum atomic E-state index is 0. The van der Waals surface area contributed by atoms with E-state index in [-0.39, 0.29) is 29.5 Å². The van der Waals surface area contributed by atoms with E-state index < -0.39 is 0 Å². The number of aliphatic imine (C=N–C) groups is 1. The maximum atomic E-state index is 11.7. The zero-order valence-corrected chi connectivity index (χ0v) is 19.0. The standard InChI is InChI=1S/C20H27ClN4O.HI/c1-3-22-20(24(2)16-17-9-8-10-18(21)15-17)23-12-5-7-14-25-13-6-4-11-19(25)26;/h4,6,8-11,13,15H,3,5,7,12,14,16H2,1-2H3,(H,22,23);1H. The molecule has 0 atom stereocenters. The molecule has 0 amide bonds. The molecule has 0 bridgehead atoms. The highest BCUT2D eigenvalue weighted by Crippen LogP contribution is 2.12. The molecule has 148 valence electrons. The van der Waals surface area contributed by atoms with E-state index in [1.807, 2.05) is 37.5 Å². The van der Waals surface area contributed by atoms with E-state index in [4.69, 9.17) is 16.6 Å². The average Bonchev–Trinajstić information content (AvgIpc) is 2.62. The molecular formula is C20H28ClIN4O. The van der Waals surface area contributed by atoms with Crippen LogP contribution >= 0.6 is 35.6 Å². The summed E-state index contributed by atoms with van der Waals surface area (Å²) >= 11 is 6.06. The number of guanidine groups is 1. The van der Waals surface area contributed by atoms with Crippen molar-refractivity contribution in [2.45, 2.75) is 32.9 Å². The van der Waals surface area contributed by atoms with Gasteiger partial charge in [0.25, 0.3) is 0 Å². The molecule has 0 aliphatic carbocycles. The van der Waals surface area contributed by atoms with Crippen LogP contribution in [0.15, 0.2) is 58.4 Å². The van der Waals surface area contributed by atoms with Crippen molar-refractivity contribution in [3.63, 3.8) is 0 Å². The molecule has 0 spiro atoms. The fraction of sp³-hybridized carbons (Fsp3) is 0.400. The third-order valence-electron chi connectivity index (χ3n) is 3.97. The van der Waals surface area contributed by atoms with Crippen LogP contribution in [0.2, 0.25) is 5.02 Å². The Kier molecular flexibility index (Phi) is 11.1. The number of aryl methyl sites for hydroxylation is 1. The first-order chi connectivity index (χ1) is 12.6. The number of hydrogen-bond acceptors (Lipinski definition) is 2. The summed E-state index contributed by atoms with van der Waals surface area (Å²) in [5, 5.41) is 4.07. The van der Waals surface area contributed by atoms with E-state index in [0.29, 0.717) is 0 Å². The van der Waals surface area contributed by atoms with Crippen molar-refractivity contribution in [1.29, 1.82) is 0 Å². The van der Waals surface area contributed by atoms with Crippen LogP contribution in [0.5, 0.6) is 0 Å². The Labute approximate surface area is 183 Å². The Morgan fingerprint density at radius 2 is 2.04 bits per heavy atom. The smallest absolute Gasteiger partial charge is 0.250 e. The lowest BCUT2D eigenvalue weighted by Crippen LogP contribution is -2.38. The second-order valence-electron chi connectivity index (χ2n) is 6.16. The lowest BCUT2D eigenvalue weighted by molar-refractivity contribution is 0.475. The third kappa shape index (κ3) is 8.34. The molecule has 0 radical (unpaired) electrons. The molecule has 1 heterocycles. The Bertz CT molecular complexity index is 778. The van der Waals surface area contributed by atoms with Crippen molar-refractivity contribution < 1.29 is 0 Å². The van der Waals surface area contributed by atoms with Crippen LogP contribution in [-0.2, 0) is 13.1 Å². The van der Waals surface area contributed by atoms with Gasteiger partial charge in [0.2, 0.25) is 5.56 Å². The molecule has 0 aliphatic heterocycles. The first-order valence-electron chi connectivity index (χ1n) is 8.99. The lowest BCUT2D eigenvalue weighted by Gasteiger charge is -2.22. The topological polar surface area (TPSA) is 49.6 Å². The van der Waals surface area contributed by atoms with Gasteiger partial charge in [0.1, 0.15) is 0 Å². The second-order valence-corrected chi connectivity index (χ2v) is 6.60. The summed E-state index contributed by atoms with van der Waals surface area (Å²) in [6, 6.07) is 13.1. The summed E-state index contributed by atoms with van der Waals surface area (Å²) < 4.78 is 1.74. The summed E-state index contributed by atoms with van der Waals surface area (Å²) in [4.78, 5) is 18.5.